The molecule has 0 aliphatic carbocycles. The van der Waals surface area contributed by atoms with E-state index >= 15 is 0 Å². The summed E-state index contributed by atoms with van der Waals surface area (Å²) in [6.07, 6.45) is 0.285. The number of carbonyl (C=O) groups is 2. The molecule has 2 rings (SSSR count). The second kappa shape index (κ2) is 9.78. The van der Waals surface area contributed by atoms with Crippen molar-refractivity contribution < 1.29 is 9.59 Å². The van der Waals surface area contributed by atoms with Crippen LogP contribution in [0.15, 0.2) is 59.5 Å². The minimum atomic E-state index is -0.154. The number of amides is 2. The fourth-order valence-electron chi connectivity index (χ4n) is 2.06. The van der Waals surface area contributed by atoms with E-state index in [9.17, 15) is 9.59 Å². The van der Waals surface area contributed by atoms with Gasteiger partial charge in [-0.25, -0.2) is 0 Å². The Kier molecular flexibility index (Phi) is 7.36. The third-order valence-corrected chi connectivity index (χ3v) is 4.40. The van der Waals surface area contributed by atoms with Gasteiger partial charge in [-0.15, -0.1) is 11.8 Å². The van der Waals surface area contributed by atoms with Crippen LogP contribution in [0.2, 0.25) is 0 Å². The van der Waals surface area contributed by atoms with Crippen molar-refractivity contribution in [3.05, 3.63) is 65.7 Å². The molecule has 0 aromatic heterocycles. The highest BCUT2D eigenvalue weighted by Gasteiger charge is 2.05. The molecule has 4 nitrogen and oxygen atoms in total. The van der Waals surface area contributed by atoms with Crippen LogP contribution in [-0.4, -0.2) is 30.7 Å². The van der Waals surface area contributed by atoms with Gasteiger partial charge < -0.3 is 10.6 Å². The average molecular weight is 342 g/mol. The van der Waals surface area contributed by atoms with Gasteiger partial charge >= 0.3 is 0 Å². The van der Waals surface area contributed by atoms with Crippen LogP contribution in [0.3, 0.4) is 0 Å². The highest BCUT2D eigenvalue weighted by molar-refractivity contribution is 7.99. The summed E-state index contributed by atoms with van der Waals surface area (Å²) in [5, 5.41) is 5.61. The van der Waals surface area contributed by atoms with E-state index in [0.29, 0.717) is 18.7 Å². The molecule has 0 saturated carbocycles. The third-order valence-electron chi connectivity index (χ3n) is 3.39. The van der Waals surface area contributed by atoms with Gasteiger partial charge in [0.05, 0.1) is 0 Å². The Hall–Kier alpha value is -2.27. The van der Waals surface area contributed by atoms with Crippen molar-refractivity contribution in [1.29, 1.82) is 0 Å². The summed E-state index contributed by atoms with van der Waals surface area (Å²) in [5.41, 5.74) is 1.85. The molecule has 0 heterocycles. The summed E-state index contributed by atoms with van der Waals surface area (Å²) in [7, 11) is 0. The number of nitrogens with one attached hydrogen (secondary N) is 2. The fourth-order valence-corrected chi connectivity index (χ4v) is 2.83. The highest BCUT2D eigenvalue weighted by Crippen LogP contribution is 2.17. The molecule has 2 amide bonds. The van der Waals surface area contributed by atoms with Gasteiger partial charge in [-0.05, 0) is 31.2 Å². The Labute approximate surface area is 147 Å². The second-order valence-corrected chi connectivity index (χ2v) is 6.55. The van der Waals surface area contributed by atoms with Gasteiger partial charge in [-0.2, -0.15) is 0 Å². The van der Waals surface area contributed by atoms with Crippen molar-refractivity contribution in [2.24, 2.45) is 0 Å². The maximum absolute atomic E-state index is 11.8. The van der Waals surface area contributed by atoms with Crippen LogP contribution in [0, 0.1) is 6.92 Å². The van der Waals surface area contributed by atoms with Crippen LogP contribution >= 0.6 is 11.8 Å². The maximum Gasteiger partial charge on any atom is 0.251 e. The van der Waals surface area contributed by atoms with E-state index in [0.717, 1.165) is 5.75 Å². The molecular formula is C19H22N2O2S. The fraction of sp³-hybridized carbons (Fsp3) is 0.263. The maximum atomic E-state index is 11.8. The first-order valence-electron chi connectivity index (χ1n) is 7.94. The molecule has 5 heteroatoms. The lowest BCUT2D eigenvalue weighted by atomic mass is 10.2. The molecule has 0 radical (unpaired) electrons. The van der Waals surface area contributed by atoms with Crippen molar-refractivity contribution in [3.63, 3.8) is 0 Å². The first-order valence-corrected chi connectivity index (χ1v) is 8.93. The summed E-state index contributed by atoms with van der Waals surface area (Å²) in [6.45, 7) is 3.01. The lowest BCUT2D eigenvalue weighted by Crippen LogP contribution is -2.31. The molecule has 0 aliphatic heterocycles. The van der Waals surface area contributed by atoms with Gasteiger partial charge in [0.2, 0.25) is 5.91 Å². The standard InChI is InChI=1S/C19H22N2O2S/c1-15-7-9-17(10-8-15)24-14-13-20-18(22)11-12-21-19(23)16-5-3-2-4-6-16/h2-10H,11-14H2,1H3,(H,20,22)(H,21,23). The zero-order valence-electron chi connectivity index (χ0n) is 13.7. The molecule has 2 N–H and O–H groups in total. The average Bonchev–Trinajstić information content (AvgIpc) is 2.61. The summed E-state index contributed by atoms with van der Waals surface area (Å²) < 4.78 is 0. The molecule has 0 spiro atoms. The van der Waals surface area contributed by atoms with Gasteiger partial charge in [0.25, 0.3) is 5.91 Å². The van der Waals surface area contributed by atoms with Gasteiger partial charge in [0.1, 0.15) is 0 Å². The number of hydrogen-bond donors (Lipinski definition) is 2. The summed E-state index contributed by atoms with van der Waals surface area (Å²) >= 11 is 1.71. The largest absolute Gasteiger partial charge is 0.355 e. The first-order chi connectivity index (χ1) is 11.6. The quantitative estimate of drug-likeness (QED) is 0.573. The molecule has 0 aliphatic rings. The topological polar surface area (TPSA) is 58.2 Å². The molecule has 2 aromatic rings. The number of thioether (sulfide) groups is 1. The lowest BCUT2D eigenvalue weighted by Gasteiger charge is -2.07. The van der Waals surface area contributed by atoms with E-state index in [1.807, 2.05) is 18.2 Å². The Morgan fingerprint density at radius 3 is 2.33 bits per heavy atom. The van der Waals surface area contributed by atoms with Gasteiger partial charge in [-0.3, -0.25) is 9.59 Å². The predicted molar refractivity (Wildman–Crippen MR) is 98.3 cm³/mol. The summed E-state index contributed by atoms with van der Waals surface area (Å²) in [6, 6.07) is 17.3. The lowest BCUT2D eigenvalue weighted by molar-refractivity contribution is -0.120. The summed E-state index contributed by atoms with van der Waals surface area (Å²) in [5.74, 6) is 0.622. The van der Waals surface area contributed by atoms with E-state index in [1.54, 1.807) is 23.9 Å². The van der Waals surface area contributed by atoms with Crippen molar-refractivity contribution >= 4 is 23.6 Å². The van der Waals surface area contributed by atoms with E-state index in [2.05, 4.69) is 41.8 Å². The zero-order valence-corrected chi connectivity index (χ0v) is 14.6. The predicted octanol–water partition coefficient (Wildman–Crippen LogP) is 3.02. The molecular weight excluding hydrogens is 320 g/mol. The monoisotopic (exact) mass is 342 g/mol. The SMILES string of the molecule is Cc1ccc(SCCNC(=O)CCNC(=O)c2ccccc2)cc1. The number of benzene rings is 2. The van der Waals surface area contributed by atoms with Crippen molar-refractivity contribution in [1.82, 2.24) is 10.6 Å². The van der Waals surface area contributed by atoms with E-state index in [1.165, 1.54) is 10.5 Å². The van der Waals surface area contributed by atoms with Crippen LogP contribution in [0.4, 0.5) is 0 Å². The molecule has 24 heavy (non-hydrogen) atoms. The molecule has 126 valence electrons. The van der Waals surface area contributed by atoms with Crippen LogP contribution in [0.25, 0.3) is 0 Å². The van der Waals surface area contributed by atoms with Crippen LogP contribution in [0.1, 0.15) is 22.3 Å². The molecule has 0 atom stereocenters. The van der Waals surface area contributed by atoms with Gasteiger partial charge in [0.15, 0.2) is 0 Å². The van der Waals surface area contributed by atoms with E-state index in [4.69, 9.17) is 0 Å². The smallest absolute Gasteiger partial charge is 0.251 e. The molecule has 0 unspecified atom stereocenters. The Morgan fingerprint density at radius 2 is 1.62 bits per heavy atom. The summed E-state index contributed by atoms with van der Waals surface area (Å²) in [4.78, 5) is 24.8. The zero-order chi connectivity index (χ0) is 17.2. The molecule has 0 bridgehead atoms. The number of rotatable bonds is 8. The number of aryl methyl sites for hydroxylation is 1. The number of carbonyl (C=O) groups excluding carboxylic acids is 2. The van der Waals surface area contributed by atoms with Crippen LogP contribution in [0.5, 0.6) is 0 Å². The van der Waals surface area contributed by atoms with Gasteiger partial charge in [-0.1, -0.05) is 35.9 Å². The second-order valence-electron chi connectivity index (χ2n) is 5.38. The molecule has 0 fully saturated rings. The van der Waals surface area contributed by atoms with E-state index < -0.39 is 0 Å². The first kappa shape index (κ1) is 18.1. The van der Waals surface area contributed by atoms with E-state index in [-0.39, 0.29) is 18.2 Å². The van der Waals surface area contributed by atoms with Crippen LogP contribution < -0.4 is 10.6 Å². The van der Waals surface area contributed by atoms with Crippen molar-refractivity contribution in [3.8, 4) is 0 Å². The van der Waals surface area contributed by atoms with Crippen molar-refractivity contribution in [2.45, 2.75) is 18.2 Å². The van der Waals surface area contributed by atoms with Crippen molar-refractivity contribution in [2.75, 3.05) is 18.8 Å². The molecule has 0 saturated heterocycles. The Morgan fingerprint density at radius 1 is 0.917 bits per heavy atom. The Bertz CT molecular complexity index is 657. The minimum absolute atomic E-state index is 0.0483. The third kappa shape index (κ3) is 6.46. The van der Waals surface area contributed by atoms with Gasteiger partial charge in [0, 0.05) is 35.7 Å². The number of hydrogen-bond acceptors (Lipinski definition) is 3. The Balaban J connectivity index is 1.56. The highest BCUT2D eigenvalue weighted by atomic mass is 32.2. The molecule has 2 aromatic carbocycles. The van der Waals surface area contributed by atoms with Crippen LogP contribution in [-0.2, 0) is 4.79 Å². The normalized spacial score (nSPS) is 10.2. The minimum Gasteiger partial charge on any atom is -0.355 e.